The molecule has 150 valence electrons. The van der Waals surface area contributed by atoms with Crippen LogP contribution in [-0.4, -0.2) is 15.3 Å². The summed E-state index contributed by atoms with van der Waals surface area (Å²) in [5.41, 5.74) is 5.26. The summed E-state index contributed by atoms with van der Waals surface area (Å²) in [4.78, 5) is 17.1. The van der Waals surface area contributed by atoms with E-state index in [4.69, 9.17) is 4.98 Å². The SMILES string of the molecule is Cc1ccc(-c2nc3cc(C)ccn3c2/C=C/C(=O)Nc2ccc(F)cc2F)cc1. The third-order valence-corrected chi connectivity index (χ3v) is 4.73. The predicted octanol–water partition coefficient (Wildman–Crippen LogP) is 5.55. The first-order valence-corrected chi connectivity index (χ1v) is 9.40. The first kappa shape index (κ1) is 19.5. The van der Waals surface area contributed by atoms with Crippen LogP contribution in [0.25, 0.3) is 23.0 Å². The van der Waals surface area contributed by atoms with Gasteiger partial charge in [-0.1, -0.05) is 29.8 Å². The number of carbonyl (C=O) groups is 1. The molecule has 0 radical (unpaired) electrons. The van der Waals surface area contributed by atoms with E-state index in [9.17, 15) is 13.6 Å². The van der Waals surface area contributed by atoms with Crippen LogP contribution in [0.2, 0.25) is 0 Å². The number of imidazole rings is 1. The van der Waals surface area contributed by atoms with Crippen molar-refractivity contribution in [1.29, 1.82) is 0 Å². The number of rotatable bonds is 4. The number of benzene rings is 2. The Labute approximate surface area is 172 Å². The molecule has 0 fully saturated rings. The molecule has 2 heterocycles. The highest BCUT2D eigenvalue weighted by molar-refractivity contribution is 6.02. The van der Waals surface area contributed by atoms with Crippen molar-refractivity contribution in [2.45, 2.75) is 13.8 Å². The minimum absolute atomic E-state index is 0.0847. The average Bonchev–Trinajstić information content (AvgIpc) is 3.06. The van der Waals surface area contributed by atoms with Crippen molar-refractivity contribution in [3.63, 3.8) is 0 Å². The van der Waals surface area contributed by atoms with Gasteiger partial charge in [-0.2, -0.15) is 0 Å². The molecule has 2 aromatic carbocycles. The normalized spacial score (nSPS) is 11.3. The summed E-state index contributed by atoms with van der Waals surface area (Å²) in [5, 5.41) is 2.43. The van der Waals surface area contributed by atoms with E-state index in [0.717, 1.165) is 45.9 Å². The Kier molecular flexibility index (Phi) is 5.14. The number of nitrogens with zero attached hydrogens (tertiary/aromatic N) is 2. The van der Waals surface area contributed by atoms with E-state index in [1.54, 1.807) is 6.08 Å². The summed E-state index contributed by atoms with van der Waals surface area (Å²) in [6.45, 7) is 4.00. The van der Waals surface area contributed by atoms with Crippen LogP contribution in [0.1, 0.15) is 16.8 Å². The van der Waals surface area contributed by atoms with Crippen LogP contribution < -0.4 is 5.32 Å². The number of aryl methyl sites for hydroxylation is 2. The van der Waals surface area contributed by atoms with E-state index < -0.39 is 17.5 Å². The van der Waals surface area contributed by atoms with Gasteiger partial charge in [-0.15, -0.1) is 0 Å². The standard InChI is InChI=1S/C24H19F2N3O/c1-15-3-5-17(6-4-15)24-21(29-12-11-16(2)13-22(29)28-24)9-10-23(30)27-20-8-7-18(25)14-19(20)26/h3-14H,1-2H3,(H,27,30)/b10-9+. The first-order valence-electron chi connectivity index (χ1n) is 9.40. The molecule has 0 aliphatic rings. The Balaban J connectivity index is 1.70. The Morgan fingerprint density at radius 2 is 1.77 bits per heavy atom. The molecule has 0 atom stereocenters. The summed E-state index contributed by atoms with van der Waals surface area (Å²) in [6, 6.07) is 14.9. The van der Waals surface area contributed by atoms with Crippen molar-refractivity contribution in [1.82, 2.24) is 9.38 Å². The fourth-order valence-corrected chi connectivity index (χ4v) is 3.17. The minimum atomic E-state index is -0.831. The molecule has 4 nitrogen and oxygen atoms in total. The van der Waals surface area contributed by atoms with E-state index in [1.807, 2.05) is 60.8 Å². The number of hydrogen-bond acceptors (Lipinski definition) is 2. The molecule has 30 heavy (non-hydrogen) atoms. The van der Waals surface area contributed by atoms with Crippen LogP contribution in [0, 0.1) is 25.5 Å². The van der Waals surface area contributed by atoms with Gasteiger partial charge in [-0.25, -0.2) is 13.8 Å². The molecule has 0 bridgehead atoms. The maximum Gasteiger partial charge on any atom is 0.248 e. The molecule has 0 spiro atoms. The zero-order valence-electron chi connectivity index (χ0n) is 16.5. The lowest BCUT2D eigenvalue weighted by atomic mass is 10.1. The van der Waals surface area contributed by atoms with Crippen LogP contribution in [0.3, 0.4) is 0 Å². The van der Waals surface area contributed by atoms with Gasteiger partial charge in [0.1, 0.15) is 17.3 Å². The predicted molar refractivity (Wildman–Crippen MR) is 114 cm³/mol. The highest BCUT2D eigenvalue weighted by atomic mass is 19.1. The van der Waals surface area contributed by atoms with Gasteiger partial charge in [0, 0.05) is 23.9 Å². The topological polar surface area (TPSA) is 46.4 Å². The largest absolute Gasteiger partial charge is 0.320 e. The second kappa shape index (κ2) is 7.91. The van der Waals surface area contributed by atoms with Gasteiger partial charge in [0.25, 0.3) is 0 Å². The number of pyridine rings is 1. The molecule has 1 amide bonds. The Morgan fingerprint density at radius 1 is 1.00 bits per heavy atom. The van der Waals surface area contributed by atoms with Crippen LogP contribution in [0.5, 0.6) is 0 Å². The molecule has 0 aliphatic carbocycles. The highest BCUT2D eigenvalue weighted by Gasteiger charge is 2.13. The molecule has 4 rings (SSSR count). The Hall–Kier alpha value is -3.80. The summed E-state index contributed by atoms with van der Waals surface area (Å²) in [6.07, 6.45) is 4.84. The van der Waals surface area contributed by atoms with Gasteiger partial charge in [0.15, 0.2) is 0 Å². The average molecular weight is 403 g/mol. The third-order valence-electron chi connectivity index (χ3n) is 4.73. The van der Waals surface area contributed by atoms with E-state index in [1.165, 1.54) is 12.1 Å². The second-order valence-electron chi connectivity index (χ2n) is 7.09. The lowest BCUT2D eigenvalue weighted by Gasteiger charge is -2.04. The Bertz CT molecular complexity index is 1270. The van der Waals surface area contributed by atoms with Gasteiger partial charge < -0.3 is 5.32 Å². The number of nitrogens with one attached hydrogen (secondary N) is 1. The van der Waals surface area contributed by atoms with E-state index in [0.29, 0.717) is 0 Å². The van der Waals surface area contributed by atoms with Gasteiger partial charge in [-0.3, -0.25) is 9.20 Å². The minimum Gasteiger partial charge on any atom is -0.320 e. The van der Waals surface area contributed by atoms with Crippen LogP contribution >= 0.6 is 0 Å². The summed E-state index contributed by atoms with van der Waals surface area (Å²) in [5.74, 6) is -2.07. The lowest BCUT2D eigenvalue weighted by Crippen LogP contribution is -2.09. The molecule has 0 unspecified atom stereocenters. The molecular weight excluding hydrogens is 384 g/mol. The van der Waals surface area contributed by atoms with Crippen LogP contribution in [-0.2, 0) is 4.79 Å². The molecular formula is C24H19F2N3O. The van der Waals surface area contributed by atoms with E-state index >= 15 is 0 Å². The highest BCUT2D eigenvalue weighted by Crippen LogP contribution is 2.26. The lowest BCUT2D eigenvalue weighted by molar-refractivity contribution is -0.111. The van der Waals surface area contributed by atoms with Crippen molar-refractivity contribution >= 4 is 23.3 Å². The zero-order valence-corrected chi connectivity index (χ0v) is 16.5. The number of aromatic nitrogens is 2. The maximum atomic E-state index is 13.8. The molecule has 1 N–H and O–H groups in total. The molecule has 4 aromatic rings. The van der Waals surface area contributed by atoms with Crippen LogP contribution in [0.15, 0.2) is 66.9 Å². The monoisotopic (exact) mass is 403 g/mol. The van der Waals surface area contributed by atoms with Crippen molar-refractivity contribution in [3.05, 3.63) is 95.3 Å². The zero-order chi connectivity index (χ0) is 21.3. The first-order chi connectivity index (χ1) is 14.4. The van der Waals surface area contributed by atoms with Gasteiger partial charge >= 0.3 is 0 Å². The molecule has 6 heteroatoms. The fraction of sp³-hybridized carbons (Fsp3) is 0.0833. The van der Waals surface area contributed by atoms with E-state index in [2.05, 4.69) is 5.32 Å². The number of fused-ring (bicyclic) bond motifs is 1. The quantitative estimate of drug-likeness (QED) is 0.454. The summed E-state index contributed by atoms with van der Waals surface area (Å²) in [7, 11) is 0. The van der Waals surface area contributed by atoms with Crippen molar-refractivity contribution in [2.24, 2.45) is 0 Å². The van der Waals surface area contributed by atoms with Crippen LogP contribution in [0.4, 0.5) is 14.5 Å². The smallest absolute Gasteiger partial charge is 0.248 e. The molecule has 2 aromatic heterocycles. The van der Waals surface area contributed by atoms with E-state index in [-0.39, 0.29) is 5.69 Å². The van der Waals surface area contributed by atoms with Gasteiger partial charge in [0.05, 0.1) is 17.1 Å². The summed E-state index contributed by atoms with van der Waals surface area (Å²) < 4.78 is 28.7. The maximum absolute atomic E-state index is 13.8. The summed E-state index contributed by atoms with van der Waals surface area (Å²) >= 11 is 0. The molecule has 0 saturated heterocycles. The fourth-order valence-electron chi connectivity index (χ4n) is 3.17. The van der Waals surface area contributed by atoms with Crippen molar-refractivity contribution in [3.8, 4) is 11.3 Å². The number of amides is 1. The number of anilines is 1. The van der Waals surface area contributed by atoms with Crippen molar-refractivity contribution < 1.29 is 13.6 Å². The number of hydrogen-bond donors (Lipinski definition) is 1. The third kappa shape index (κ3) is 3.98. The number of halogens is 2. The van der Waals surface area contributed by atoms with Gasteiger partial charge in [-0.05, 0) is 49.8 Å². The molecule has 0 saturated carbocycles. The van der Waals surface area contributed by atoms with Crippen molar-refractivity contribution in [2.75, 3.05) is 5.32 Å². The van der Waals surface area contributed by atoms with Gasteiger partial charge in [0.2, 0.25) is 5.91 Å². The number of carbonyl (C=O) groups excluding carboxylic acids is 1. The second-order valence-corrected chi connectivity index (χ2v) is 7.09. The molecule has 0 aliphatic heterocycles. The Morgan fingerprint density at radius 3 is 2.50 bits per heavy atom.